The Morgan fingerprint density at radius 2 is 2.42 bits per heavy atom. The van der Waals surface area contributed by atoms with Gasteiger partial charge >= 0.3 is 0 Å². The average molecular weight is 167 g/mol. The van der Waals surface area contributed by atoms with E-state index in [4.69, 9.17) is 0 Å². The Labute approximate surface area is 74.0 Å². The zero-order valence-electron chi connectivity index (χ0n) is 7.68. The Balaban J connectivity index is 2.40. The first-order valence-corrected chi connectivity index (χ1v) is 4.69. The highest BCUT2D eigenvalue weighted by Gasteiger charge is 2.25. The molecule has 0 spiro atoms. The van der Waals surface area contributed by atoms with Crippen molar-refractivity contribution in [1.82, 2.24) is 5.32 Å². The molecule has 0 radical (unpaired) electrons. The number of hydrogen-bond acceptors (Lipinski definition) is 1. The predicted molar refractivity (Wildman–Crippen MR) is 49.8 cm³/mol. The van der Waals surface area contributed by atoms with Crippen molar-refractivity contribution in [3.63, 3.8) is 0 Å². The molecule has 1 heterocycles. The van der Waals surface area contributed by atoms with Crippen molar-refractivity contribution in [2.75, 3.05) is 0 Å². The molecule has 2 nitrogen and oxygen atoms in total. The van der Waals surface area contributed by atoms with Gasteiger partial charge in [-0.1, -0.05) is 13.0 Å². The van der Waals surface area contributed by atoms with Gasteiger partial charge in [0.05, 0.1) is 0 Å². The molecule has 1 N–H and O–H groups in total. The quantitative estimate of drug-likeness (QED) is 0.639. The summed E-state index contributed by atoms with van der Waals surface area (Å²) in [4.78, 5) is 11.4. The second kappa shape index (κ2) is 4.29. The normalized spacial score (nSPS) is 29.6. The van der Waals surface area contributed by atoms with Crippen molar-refractivity contribution < 1.29 is 4.79 Å². The van der Waals surface area contributed by atoms with Gasteiger partial charge in [0.2, 0.25) is 5.91 Å². The van der Waals surface area contributed by atoms with Gasteiger partial charge in [-0.2, -0.15) is 0 Å². The predicted octanol–water partition coefficient (Wildman–Crippen LogP) is 1.87. The molecule has 1 saturated heterocycles. The van der Waals surface area contributed by atoms with E-state index < -0.39 is 0 Å². The number of rotatable bonds is 3. The Morgan fingerprint density at radius 3 is 2.92 bits per heavy atom. The van der Waals surface area contributed by atoms with Crippen LogP contribution < -0.4 is 5.32 Å². The van der Waals surface area contributed by atoms with Crippen LogP contribution in [0.2, 0.25) is 0 Å². The highest BCUT2D eigenvalue weighted by molar-refractivity contribution is 5.79. The van der Waals surface area contributed by atoms with Crippen LogP contribution in [0.25, 0.3) is 0 Å². The monoisotopic (exact) mass is 167 g/mol. The number of hydrogen-bond donors (Lipinski definition) is 1. The van der Waals surface area contributed by atoms with Crippen molar-refractivity contribution in [3.05, 3.63) is 12.7 Å². The molecule has 1 aliphatic heterocycles. The summed E-state index contributed by atoms with van der Waals surface area (Å²) in [6, 6.07) is 0.345. The third-order valence-electron chi connectivity index (χ3n) is 2.52. The molecule has 0 aromatic rings. The highest BCUT2D eigenvalue weighted by Crippen LogP contribution is 2.19. The molecule has 1 aliphatic rings. The summed E-state index contributed by atoms with van der Waals surface area (Å²) >= 11 is 0. The van der Waals surface area contributed by atoms with E-state index in [0.29, 0.717) is 6.04 Å². The van der Waals surface area contributed by atoms with E-state index in [2.05, 4.69) is 18.8 Å². The molecule has 1 fully saturated rings. The second-order valence-corrected chi connectivity index (χ2v) is 3.41. The maximum Gasteiger partial charge on any atom is 0.223 e. The molecule has 1 rings (SSSR count). The first kappa shape index (κ1) is 9.30. The van der Waals surface area contributed by atoms with Crippen molar-refractivity contribution >= 4 is 5.91 Å². The van der Waals surface area contributed by atoms with Crippen molar-refractivity contribution in [1.29, 1.82) is 0 Å². The van der Waals surface area contributed by atoms with Gasteiger partial charge in [0.25, 0.3) is 0 Å². The van der Waals surface area contributed by atoms with Gasteiger partial charge in [0, 0.05) is 12.0 Å². The maximum absolute atomic E-state index is 11.4. The molecule has 0 bridgehead atoms. The third kappa shape index (κ3) is 2.10. The molecule has 0 aromatic heterocycles. The number of amides is 1. The standard InChI is InChI=1S/C10H17NO/c1-3-5-9-7-6-8(4-2)10(12)11-9/h3,8-9H,1,4-7H2,2H3,(H,11,12)/t8-,9+/m1/s1. The fourth-order valence-electron chi connectivity index (χ4n) is 1.69. The summed E-state index contributed by atoms with van der Waals surface area (Å²) in [6.07, 6.45) is 5.89. The van der Waals surface area contributed by atoms with Crippen LogP contribution in [0.4, 0.5) is 0 Å². The summed E-state index contributed by atoms with van der Waals surface area (Å²) in [5.41, 5.74) is 0. The summed E-state index contributed by atoms with van der Waals surface area (Å²) in [5, 5.41) is 3.01. The molecule has 2 atom stereocenters. The lowest BCUT2D eigenvalue weighted by molar-refractivity contribution is -0.127. The summed E-state index contributed by atoms with van der Waals surface area (Å²) < 4.78 is 0. The molecular weight excluding hydrogens is 150 g/mol. The van der Waals surface area contributed by atoms with E-state index in [0.717, 1.165) is 25.7 Å². The van der Waals surface area contributed by atoms with Crippen LogP contribution in [0.15, 0.2) is 12.7 Å². The molecule has 1 amide bonds. The molecule has 0 unspecified atom stereocenters. The van der Waals surface area contributed by atoms with Crippen molar-refractivity contribution in [3.8, 4) is 0 Å². The van der Waals surface area contributed by atoms with Crippen LogP contribution in [0, 0.1) is 5.92 Å². The van der Waals surface area contributed by atoms with Crippen LogP contribution in [0.3, 0.4) is 0 Å². The minimum Gasteiger partial charge on any atom is -0.353 e. The Hall–Kier alpha value is -0.790. The van der Waals surface area contributed by atoms with Gasteiger partial charge < -0.3 is 5.32 Å². The van der Waals surface area contributed by atoms with E-state index in [1.54, 1.807) is 0 Å². The number of nitrogens with one attached hydrogen (secondary N) is 1. The van der Waals surface area contributed by atoms with E-state index in [1.807, 2.05) is 6.08 Å². The lowest BCUT2D eigenvalue weighted by Crippen LogP contribution is -2.43. The van der Waals surface area contributed by atoms with Gasteiger partial charge in [-0.25, -0.2) is 0 Å². The Bertz CT molecular complexity index is 177. The van der Waals surface area contributed by atoms with Crippen LogP contribution in [0.5, 0.6) is 0 Å². The van der Waals surface area contributed by atoms with Gasteiger partial charge in [-0.15, -0.1) is 6.58 Å². The fourth-order valence-corrected chi connectivity index (χ4v) is 1.69. The zero-order valence-corrected chi connectivity index (χ0v) is 7.68. The minimum absolute atomic E-state index is 0.232. The van der Waals surface area contributed by atoms with E-state index >= 15 is 0 Å². The van der Waals surface area contributed by atoms with Crippen LogP contribution in [-0.4, -0.2) is 11.9 Å². The summed E-state index contributed by atoms with van der Waals surface area (Å²) in [7, 11) is 0. The van der Waals surface area contributed by atoms with Crippen LogP contribution in [-0.2, 0) is 4.79 Å². The number of piperidine rings is 1. The van der Waals surface area contributed by atoms with Crippen molar-refractivity contribution in [2.45, 2.75) is 38.6 Å². The molecule has 12 heavy (non-hydrogen) atoms. The minimum atomic E-state index is 0.232. The fraction of sp³-hybridized carbons (Fsp3) is 0.700. The lowest BCUT2D eigenvalue weighted by Gasteiger charge is -2.27. The van der Waals surface area contributed by atoms with E-state index in [1.165, 1.54) is 0 Å². The molecule has 2 heteroatoms. The molecule has 0 aliphatic carbocycles. The molecular formula is C10H17NO. The Morgan fingerprint density at radius 1 is 1.67 bits per heavy atom. The van der Waals surface area contributed by atoms with Crippen LogP contribution in [0.1, 0.15) is 32.6 Å². The SMILES string of the molecule is C=CC[C@H]1CC[C@@H](CC)C(=O)N1. The lowest BCUT2D eigenvalue weighted by atomic mass is 9.91. The van der Waals surface area contributed by atoms with Gasteiger partial charge in [0.1, 0.15) is 0 Å². The van der Waals surface area contributed by atoms with Gasteiger partial charge in [0.15, 0.2) is 0 Å². The third-order valence-corrected chi connectivity index (χ3v) is 2.52. The van der Waals surface area contributed by atoms with E-state index in [-0.39, 0.29) is 11.8 Å². The summed E-state index contributed by atoms with van der Waals surface area (Å²) in [5.74, 6) is 0.488. The van der Waals surface area contributed by atoms with E-state index in [9.17, 15) is 4.79 Å². The summed E-state index contributed by atoms with van der Waals surface area (Å²) in [6.45, 7) is 5.74. The topological polar surface area (TPSA) is 29.1 Å². The highest BCUT2D eigenvalue weighted by atomic mass is 16.2. The Kier molecular flexibility index (Phi) is 3.32. The smallest absolute Gasteiger partial charge is 0.223 e. The average Bonchev–Trinajstić information content (AvgIpc) is 2.05. The molecule has 0 aromatic carbocycles. The van der Waals surface area contributed by atoms with Crippen molar-refractivity contribution in [2.24, 2.45) is 5.92 Å². The largest absolute Gasteiger partial charge is 0.353 e. The van der Waals surface area contributed by atoms with Gasteiger partial charge in [-0.3, -0.25) is 4.79 Å². The van der Waals surface area contributed by atoms with Gasteiger partial charge in [-0.05, 0) is 25.7 Å². The first-order valence-electron chi connectivity index (χ1n) is 4.69. The number of carbonyl (C=O) groups excluding carboxylic acids is 1. The molecule has 68 valence electrons. The molecule has 0 saturated carbocycles. The second-order valence-electron chi connectivity index (χ2n) is 3.41. The first-order chi connectivity index (χ1) is 5.77. The van der Waals surface area contributed by atoms with Crippen LogP contribution >= 0.6 is 0 Å². The number of carbonyl (C=O) groups is 1. The maximum atomic E-state index is 11.4. The zero-order chi connectivity index (χ0) is 8.97.